The van der Waals surface area contributed by atoms with Crippen LogP contribution in [0.1, 0.15) is 38.8 Å². The van der Waals surface area contributed by atoms with Gasteiger partial charge < -0.3 is 19.5 Å². The van der Waals surface area contributed by atoms with Crippen LogP contribution >= 0.6 is 24.0 Å². The third-order valence-electron chi connectivity index (χ3n) is 4.94. The number of nitrogens with zero attached hydrogens (tertiary/aromatic N) is 5. The highest BCUT2D eigenvalue weighted by atomic mass is 127. The molecule has 0 aliphatic carbocycles. The molecular formula is C20H31IN6O. The molecule has 2 aromatic rings. The molecule has 1 aliphatic heterocycles. The molecule has 0 bridgehead atoms. The smallest absolute Gasteiger partial charge is 0.213 e. The van der Waals surface area contributed by atoms with Gasteiger partial charge in [-0.15, -0.1) is 24.0 Å². The number of ether oxygens (including phenoxy) is 1. The number of aromatic nitrogens is 3. The van der Waals surface area contributed by atoms with Crippen LogP contribution in [-0.2, 0) is 6.54 Å². The number of piperidine rings is 1. The van der Waals surface area contributed by atoms with Gasteiger partial charge in [0.1, 0.15) is 0 Å². The molecule has 1 aliphatic rings. The summed E-state index contributed by atoms with van der Waals surface area (Å²) in [6.45, 7) is 8.92. The summed E-state index contributed by atoms with van der Waals surface area (Å²) in [6.07, 6.45) is 8.92. The van der Waals surface area contributed by atoms with Crippen molar-refractivity contribution in [1.82, 2.24) is 24.8 Å². The Morgan fingerprint density at radius 2 is 2.21 bits per heavy atom. The van der Waals surface area contributed by atoms with Gasteiger partial charge in [-0.3, -0.25) is 4.99 Å². The molecule has 28 heavy (non-hydrogen) atoms. The highest BCUT2D eigenvalue weighted by Crippen LogP contribution is 2.27. The molecule has 2 atom stereocenters. The van der Waals surface area contributed by atoms with Crippen LogP contribution in [0.5, 0.6) is 5.88 Å². The monoisotopic (exact) mass is 498 g/mol. The summed E-state index contributed by atoms with van der Waals surface area (Å²) >= 11 is 0. The van der Waals surface area contributed by atoms with Crippen LogP contribution in [0.3, 0.4) is 0 Å². The van der Waals surface area contributed by atoms with Crippen LogP contribution in [0.4, 0.5) is 0 Å². The van der Waals surface area contributed by atoms with Crippen molar-refractivity contribution in [3.05, 3.63) is 42.6 Å². The van der Waals surface area contributed by atoms with Crippen molar-refractivity contribution in [3.8, 4) is 5.88 Å². The summed E-state index contributed by atoms with van der Waals surface area (Å²) in [5.74, 6) is 2.20. The van der Waals surface area contributed by atoms with E-state index in [0.717, 1.165) is 31.0 Å². The van der Waals surface area contributed by atoms with E-state index in [4.69, 9.17) is 4.74 Å². The molecule has 3 rings (SSSR count). The number of pyridine rings is 1. The fourth-order valence-corrected chi connectivity index (χ4v) is 3.44. The van der Waals surface area contributed by atoms with Crippen LogP contribution < -0.4 is 10.1 Å². The Morgan fingerprint density at radius 1 is 1.39 bits per heavy atom. The molecule has 8 heteroatoms. The molecule has 1 N–H and O–H groups in total. The van der Waals surface area contributed by atoms with Crippen LogP contribution in [0.25, 0.3) is 0 Å². The number of nitrogens with one attached hydrogen (secondary N) is 1. The highest BCUT2D eigenvalue weighted by molar-refractivity contribution is 14.0. The topological polar surface area (TPSA) is 67.6 Å². The van der Waals surface area contributed by atoms with E-state index in [1.165, 1.54) is 0 Å². The first-order valence-electron chi connectivity index (χ1n) is 9.61. The van der Waals surface area contributed by atoms with Crippen LogP contribution in [0, 0.1) is 5.92 Å². The Morgan fingerprint density at radius 3 is 2.82 bits per heavy atom. The van der Waals surface area contributed by atoms with Crippen LogP contribution in [0.15, 0.2) is 42.0 Å². The Hall–Kier alpha value is -1.84. The molecule has 0 aromatic carbocycles. The second-order valence-electron chi connectivity index (χ2n) is 7.36. The fraction of sp³-hybridized carbons (Fsp3) is 0.550. The molecule has 2 unspecified atom stereocenters. The van der Waals surface area contributed by atoms with E-state index < -0.39 is 0 Å². The summed E-state index contributed by atoms with van der Waals surface area (Å²) in [6, 6.07) is 4.36. The third-order valence-corrected chi connectivity index (χ3v) is 4.94. The number of hydrogen-bond acceptors (Lipinski definition) is 4. The van der Waals surface area contributed by atoms with Crippen molar-refractivity contribution in [3.63, 3.8) is 0 Å². The van der Waals surface area contributed by atoms with Gasteiger partial charge in [-0.25, -0.2) is 9.97 Å². The molecule has 0 saturated carbocycles. The van der Waals surface area contributed by atoms with E-state index in [9.17, 15) is 0 Å². The van der Waals surface area contributed by atoms with E-state index in [1.54, 1.807) is 0 Å². The van der Waals surface area contributed by atoms with E-state index >= 15 is 0 Å². The first-order chi connectivity index (χ1) is 13.1. The van der Waals surface area contributed by atoms with Gasteiger partial charge in [0.15, 0.2) is 5.96 Å². The molecule has 154 valence electrons. The zero-order valence-electron chi connectivity index (χ0n) is 17.1. The summed E-state index contributed by atoms with van der Waals surface area (Å²) in [4.78, 5) is 15.4. The molecule has 2 aromatic heterocycles. The zero-order chi connectivity index (χ0) is 19.2. The van der Waals surface area contributed by atoms with Crippen molar-refractivity contribution >= 4 is 29.9 Å². The largest absolute Gasteiger partial charge is 0.475 e. The van der Waals surface area contributed by atoms with E-state index in [2.05, 4.69) is 36.7 Å². The second-order valence-corrected chi connectivity index (χ2v) is 7.36. The minimum Gasteiger partial charge on any atom is -0.475 e. The molecule has 0 amide bonds. The molecule has 1 saturated heterocycles. The Bertz CT molecular complexity index is 732. The quantitative estimate of drug-likeness (QED) is 0.389. The molecule has 3 heterocycles. The second kappa shape index (κ2) is 10.6. The van der Waals surface area contributed by atoms with E-state index in [0.29, 0.717) is 24.4 Å². The third kappa shape index (κ3) is 5.83. The van der Waals surface area contributed by atoms with Gasteiger partial charge in [-0.1, -0.05) is 13.0 Å². The Labute approximate surface area is 184 Å². The number of likely N-dealkylation sites (tertiary alicyclic amines) is 1. The van der Waals surface area contributed by atoms with Crippen LogP contribution in [-0.4, -0.2) is 51.6 Å². The number of hydrogen-bond donors (Lipinski definition) is 1. The normalized spacial score (nSPS) is 20.0. The molecule has 1 fully saturated rings. The molecule has 0 radical (unpaired) electrons. The van der Waals surface area contributed by atoms with Gasteiger partial charge in [0.25, 0.3) is 0 Å². The Balaban J connectivity index is 0.00000280. The predicted molar refractivity (Wildman–Crippen MR) is 122 cm³/mol. The summed E-state index contributed by atoms with van der Waals surface area (Å²) in [7, 11) is 1.84. The van der Waals surface area contributed by atoms with Crippen molar-refractivity contribution in [2.75, 3.05) is 20.1 Å². The minimum atomic E-state index is 0. The van der Waals surface area contributed by atoms with Crippen molar-refractivity contribution in [2.24, 2.45) is 10.9 Å². The number of rotatable bonds is 5. The lowest BCUT2D eigenvalue weighted by Gasteiger charge is -2.39. The maximum absolute atomic E-state index is 5.60. The van der Waals surface area contributed by atoms with Gasteiger partial charge >= 0.3 is 0 Å². The van der Waals surface area contributed by atoms with Crippen molar-refractivity contribution < 1.29 is 4.74 Å². The van der Waals surface area contributed by atoms with Gasteiger partial charge in [0, 0.05) is 51.3 Å². The zero-order valence-corrected chi connectivity index (χ0v) is 19.4. The highest BCUT2D eigenvalue weighted by Gasteiger charge is 2.28. The lowest BCUT2D eigenvalue weighted by atomic mass is 9.93. The first-order valence-corrected chi connectivity index (χ1v) is 9.61. The standard InChI is InChI=1S/C20H30N6O.HI/c1-15(2)27-19-6-5-17(11-23-19)12-24-20(21-4)25-9-7-16(3)18(13-25)26-10-8-22-14-26;/h5-6,8,10-11,14-16,18H,7,9,12-13H2,1-4H3,(H,21,24);1H. The average molecular weight is 498 g/mol. The van der Waals surface area contributed by atoms with Gasteiger partial charge in [-0.05, 0) is 31.7 Å². The van der Waals surface area contributed by atoms with Crippen molar-refractivity contribution in [1.29, 1.82) is 0 Å². The molecule has 7 nitrogen and oxygen atoms in total. The molecular weight excluding hydrogens is 467 g/mol. The lowest BCUT2D eigenvalue weighted by Crippen LogP contribution is -2.48. The summed E-state index contributed by atoms with van der Waals surface area (Å²) in [5, 5.41) is 3.47. The lowest BCUT2D eigenvalue weighted by molar-refractivity contribution is 0.189. The average Bonchev–Trinajstić information content (AvgIpc) is 3.18. The maximum atomic E-state index is 5.60. The van der Waals surface area contributed by atoms with E-state index in [1.807, 2.05) is 57.9 Å². The number of guanidine groups is 1. The predicted octanol–water partition coefficient (Wildman–Crippen LogP) is 3.34. The fourth-order valence-electron chi connectivity index (χ4n) is 3.44. The number of halogens is 1. The number of aliphatic imine (C=N–C) groups is 1. The van der Waals surface area contributed by atoms with Crippen LogP contribution in [0.2, 0.25) is 0 Å². The summed E-state index contributed by atoms with van der Waals surface area (Å²) in [5.41, 5.74) is 1.10. The first kappa shape index (κ1) is 22.4. The maximum Gasteiger partial charge on any atom is 0.213 e. The van der Waals surface area contributed by atoms with Crippen molar-refractivity contribution in [2.45, 2.75) is 45.9 Å². The summed E-state index contributed by atoms with van der Waals surface area (Å²) < 4.78 is 7.81. The Kier molecular flexibility index (Phi) is 8.53. The van der Waals surface area contributed by atoms with Gasteiger partial charge in [0.2, 0.25) is 5.88 Å². The SMILES string of the molecule is CN=C(NCc1ccc(OC(C)C)nc1)N1CCC(C)C(n2ccnc2)C1.I. The minimum absolute atomic E-state index is 0. The number of imidazole rings is 1. The molecule has 0 spiro atoms. The van der Waals surface area contributed by atoms with Gasteiger partial charge in [0.05, 0.1) is 18.5 Å². The van der Waals surface area contributed by atoms with Gasteiger partial charge in [-0.2, -0.15) is 0 Å². The van der Waals surface area contributed by atoms with E-state index in [-0.39, 0.29) is 30.1 Å².